The summed E-state index contributed by atoms with van der Waals surface area (Å²) in [6.07, 6.45) is 4.40. The molecule has 0 heterocycles. The van der Waals surface area contributed by atoms with Gasteiger partial charge in [0, 0.05) is 11.6 Å². The number of rotatable bonds is 7. The molecular formula is C13H29N3. The van der Waals surface area contributed by atoms with Crippen molar-refractivity contribution in [1.29, 1.82) is 0 Å². The van der Waals surface area contributed by atoms with Crippen LogP contribution in [0.3, 0.4) is 0 Å². The predicted molar refractivity (Wildman–Crippen MR) is 72.7 cm³/mol. The van der Waals surface area contributed by atoms with E-state index in [9.17, 15) is 0 Å². The Bertz CT molecular complexity index is 196. The van der Waals surface area contributed by atoms with Crippen LogP contribution < -0.4 is 5.84 Å². The Morgan fingerprint density at radius 2 is 1.69 bits per heavy atom. The summed E-state index contributed by atoms with van der Waals surface area (Å²) in [5, 5.41) is 1.96. The fourth-order valence-electron chi connectivity index (χ4n) is 2.01. The summed E-state index contributed by atoms with van der Waals surface area (Å²) in [5.41, 5.74) is -0.0173. The first-order chi connectivity index (χ1) is 7.38. The summed E-state index contributed by atoms with van der Waals surface area (Å²) in [6, 6.07) is 0.566. The van der Waals surface area contributed by atoms with Gasteiger partial charge in [-0.25, -0.2) is 5.01 Å². The molecule has 0 bridgehead atoms. The van der Waals surface area contributed by atoms with Crippen molar-refractivity contribution in [1.82, 2.24) is 5.01 Å². The smallest absolute Gasteiger partial charge is 0.0661 e. The summed E-state index contributed by atoms with van der Waals surface area (Å²) in [6.45, 7) is 14.5. The van der Waals surface area contributed by atoms with Crippen LogP contribution in [0.25, 0.3) is 0 Å². The minimum Gasteiger partial charge on any atom is -0.296 e. The molecule has 0 amide bonds. The zero-order valence-corrected chi connectivity index (χ0v) is 11.7. The van der Waals surface area contributed by atoms with E-state index >= 15 is 0 Å². The van der Waals surface area contributed by atoms with Crippen LogP contribution in [-0.2, 0) is 0 Å². The van der Waals surface area contributed by atoms with Crippen molar-refractivity contribution < 1.29 is 0 Å². The van der Waals surface area contributed by atoms with E-state index in [1.165, 1.54) is 0 Å². The van der Waals surface area contributed by atoms with Gasteiger partial charge in [-0.15, -0.1) is 0 Å². The van der Waals surface area contributed by atoms with Crippen LogP contribution >= 0.6 is 0 Å². The average Bonchev–Trinajstić information content (AvgIpc) is 2.21. The topological polar surface area (TPSA) is 41.6 Å². The Labute approximate surface area is 101 Å². The first-order valence-corrected chi connectivity index (χ1v) is 6.38. The summed E-state index contributed by atoms with van der Waals surface area (Å²) in [7, 11) is 0. The second kappa shape index (κ2) is 7.02. The molecule has 0 spiro atoms. The number of aliphatic imine (C=N–C) groups is 1. The lowest BCUT2D eigenvalue weighted by molar-refractivity contribution is 0.0604. The Kier molecular flexibility index (Phi) is 6.84. The monoisotopic (exact) mass is 227 g/mol. The normalized spacial score (nSPS) is 16.2. The highest BCUT2D eigenvalue weighted by atomic mass is 15.5. The summed E-state index contributed by atoms with van der Waals surface area (Å²) < 4.78 is 0. The molecule has 3 heteroatoms. The SMILES string of the molecule is C=NC(CCC)C(CCC)N(N)C(C)(C)C. The van der Waals surface area contributed by atoms with E-state index in [4.69, 9.17) is 5.84 Å². The molecule has 2 unspecified atom stereocenters. The molecule has 0 fully saturated rings. The Morgan fingerprint density at radius 3 is 2.00 bits per heavy atom. The molecule has 0 aromatic heterocycles. The number of nitrogens with two attached hydrogens (primary N) is 1. The van der Waals surface area contributed by atoms with Crippen LogP contribution in [0.5, 0.6) is 0 Å². The lowest BCUT2D eigenvalue weighted by atomic mass is 9.95. The van der Waals surface area contributed by atoms with Crippen LogP contribution in [0.2, 0.25) is 0 Å². The first-order valence-electron chi connectivity index (χ1n) is 6.38. The quantitative estimate of drug-likeness (QED) is 0.413. The number of hydrogen-bond acceptors (Lipinski definition) is 3. The van der Waals surface area contributed by atoms with E-state index < -0.39 is 0 Å². The van der Waals surface area contributed by atoms with Crippen molar-refractivity contribution in [2.45, 2.75) is 77.9 Å². The molecular weight excluding hydrogens is 198 g/mol. The van der Waals surface area contributed by atoms with Gasteiger partial charge in [0.15, 0.2) is 0 Å². The molecule has 96 valence electrons. The fraction of sp³-hybridized carbons (Fsp3) is 0.923. The summed E-state index contributed by atoms with van der Waals surface area (Å²) in [4.78, 5) is 4.26. The molecule has 2 N–H and O–H groups in total. The molecule has 0 aromatic carbocycles. The lowest BCUT2D eigenvalue weighted by Gasteiger charge is -2.40. The summed E-state index contributed by atoms with van der Waals surface area (Å²) >= 11 is 0. The molecule has 2 atom stereocenters. The highest BCUT2D eigenvalue weighted by Crippen LogP contribution is 2.22. The minimum absolute atomic E-state index is 0.0173. The second-order valence-corrected chi connectivity index (χ2v) is 5.47. The van der Waals surface area contributed by atoms with E-state index in [0.29, 0.717) is 6.04 Å². The first kappa shape index (κ1) is 15.6. The molecule has 0 aliphatic rings. The zero-order valence-electron chi connectivity index (χ0n) is 11.7. The molecule has 0 aromatic rings. The second-order valence-electron chi connectivity index (χ2n) is 5.47. The lowest BCUT2D eigenvalue weighted by Crippen LogP contribution is -2.56. The third kappa shape index (κ3) is 4.62. The largest absolute Gasteiger partial charge is 0.296 e. The van der Waals surface area contributed by atoms with Crippen molar-refractivity contribution in [2.24, 2.45) is 10.8 Å². The third-order valence-electron chi connectivity index (χ3n) is 2.98. The number of hydrogen-bond donors (Lipinski definition) is 1. The maximum atomic E-state index is 6.23. The van der Waals surface area contributed by atoms with Crippen molar-refractivity contribution >= 4 is 6.72 Å². The predicted octanol–water partition coefficient (Wildman–Crippen LogP) is 3.00. The van der Waals surface area contributed by atoms with E-state index in [2.05, 4.69) is 46.3 Å². The molecule has 0 saturated heterocycles. The number of nitrogens with zero attached hydrogens (tertiary/aromatic N) is 2. The zero-order chi connectivity index (χ0) is 12.8. The van der Waals surface area contributed by atoms with Crippen molar-refractivity contribution in [2.75, 3.05) is 0 Å². The Hall–Kier alpha value is -0.410. The van der Waals surface area contributed by atoms with Gasteiger partial charge in [0.2, 0.25) is 0 Å². The average molecular weight is 227 g/mol. The van der Waals surface area contributed by atoms with Crippen LogP contribution in [0, 0.1) is 0 Å². The van der Waals surface area contributed by atoms with Crippen LogP contribution in [-0.4, -0.2) is 29.3 Å². The van der Waals surface area contributed by atoms with Gasteiger partial charge >= 0.3 is 0 Å². The van der Waals surface area contributed by atoms with Crippen LogP contribution in [0.1, 0.15) is 60.3 Å². The number of hydrazine groups is 1. The molecule has 3 nitrogen and oxygen atoms in total. The Balaban J connectivity index is 4.75. The van der Waals surface area contributed by atoms with Gasteiger partial charge in [0.1, 0.15) is 0 Å². The molecule has 0 aliphatic carbocycles. The van der Waals surface area contributed by atoms with Crippen molar-refractivity contribution in [3.8, 4) is 0 Å². The molecule has 16 heavy (non-hydrogen) atoms. The van der Waals surface area contributed by atoms with Crippen LogP contribution in [0.4, 0.5) is 0 Å². The maximum Gasteiger partial charge on any atom is 0.0661 e. The maximum absolute atomic E-state index is 6.23. The van der Waals surface area contributed by atoms with E-state index in [-0.39, 0.29) is 11.6 Å². The third-order valence-corrected chi connectivity index (χ3v) is 2.98. The van der Waals surface area contributed by atoms with Crippen LogP contribution in [0.15, 0.2) is 4.99 Å². The van der Waals surface area contributed by atoms with Gasteiger partial charge in [-0.1, -0.05) is 26.7 Å². The fourth-order valence-corrected chi connectivity index (χ4v) is 2.01. The van der Waals surface area contributed by atoms with Gasteiger partial charge in [-0.3, -0.25) is 10.8 Å². The van der Waals surface area contributed by atoms with Gasteiger partial charge in [0.05, 0.1) is 6.04 Å². The highest BCUT2D eigenvalue weighted by molar-refractivity contribution is 5.24. The van der Waals surface area contributed by atoms with Gasteiger partial charge < -0.3 is 0 Å². The molecule has 0 rings (SSSR count). The van der Waals surface area contributed by atoms with E-state index in [1.807, 2.05) is 5.01 Å². The van der Waals surface area contributed by atoms with Gasteiger partial charge in [0.25, 0.3) is 0 Å². The minimum atomic E-state index is -0.0173. The Morgan fingerprint density at radius 1 is 1.19 bits per heavy atom. The van der Waals surface area contributed by atoms with Crippen molar-refractivity contribution in [3.63, 3.8) is 0 Å². The van der Waals surface area contributed by atoms with Gasteiger partial charge in [-0.2, -0.15) is 0 Å². The molecule has 0 aliphatic heterocycles. The van der Waals surface area contributed by atoms with Crippen molar-refractivity contribution in [3.05, 3.63) is 0 Å². The van der Waals surface area contributed by atoms with E-state index in [1.54, 1.807) is 0 Å². The highest BCUT2D eigenvalue weighted by Gasteiger charge is 2.30. The summed E-state index contributed by atoms with van der Waals surface area (Å²) in [5.74, 6) is 6.23. The molecule has 0 saturated carbocycles. The van der Waals surface area contributed by atoms with Gasteiger partial charge in [-0.05, 0) is 40.3 Å². The molecule has 0 radical (unpaired) electrons. The standard InChI is InChI=1S/C13H29N3/c1-7-9-11(15-6)12(10-8-2)16(14)13(3,4)5/h11-12H,6-10,14H2,1-5H3. The van der Waals surface area contributed by atoms with E-state index in [0.717, 1.165) is 25.7 Å².